The Morgan fingerprint density at radius 2 is 1.90 bits per heavy atom. The van der Waals surface area contributed by atoms with E-state index in [2.05, 4.69) is 10.3 Å². The van der Waals surface area contributed by atoms with Crippen LogP contribution in [0.1, 0.15) is 17.4 Å². The van der Waals surface area contributed by atoms with Crippen LogP contribution in [0, 0.1) is 0 Å². The molecule has 8 nitrogen and oxygen atoms in total. The highest BCUT2D eigenvalue weighted by Gasteiger charge is 2.19. The van der Waals surface area contributed by atoms with Gasteiger partial charge < -0.3 is 9.88 Å². The fraction of sp³-hybridized carbons (Fsp3) is 0.273. The first-order valence-corrected chi connectivity index (χ1v) is 11.0. The first kappa shape index (κ1) is 20.8. The molecule has 9 heteroatoms. The van der Waals surface area contributed by atoms with Crippen LogP contribution in [-0.2, 0) is 30.8 Å². The molecule has 0 saturated heterocycles. The minimum absolute atomic E-state index is 0.261. The fourth-order valence-electron chi connectivity index (χ4n) is 3.51. The van der Waals surface area contributed by atoms with E-state index in [4.69, 9.17) is 0 Å². The number of carbonyl (C=O) groups is 1. The summed E-state index contributed by atoms with van der Waals surface area (Å²) in [5.74, 6) is -0.371. The molecule has 1 aromatic carbocycles. The molecule has 1 amide bonds. The zero-order chi connectivity index (χ0) is 21.8. The molecule has 4 rings (SSSR count). The van der Waals surface area contributed by atoms with Crippen LogP contribution in [0.4, 0.5) is 0 Å². The molecular weight excluding hydrogens is 414 g/mol. The standard InChI is InChI=1S/C22H23N5O3S/c1-2-25-15-24-20-19(25)21(29)27(14-18(28)23-11-10-17-9-6-12-31-17)22(30)26(20)13-16-7-4-3-5-8-16/h3-9,12,15H,2,10-11,13-14H2,1H3,(H,23,28). The Kier molecular flexibility index (Phi) is 6.13. The van der Waals surface area contributed by atoms with Gasteiger partial charge in [-0.3, -0.25) is 14.2 Å². The Labute approximate surface area is 182 Å². The second-order valence-corrected chi connectivity index (χ2v) is 8.16. The zero-order valence-electron chi connectivity index (χ0n) is 17.2. The van der Waals surface area contributed by atoms with Crippen LogP contribution in [0.2, 0.25) is 0 Å². The summed E-state index contributed by atoms with van der Waals surface area (Å²) in [6.07, 6.45) is 2.26. The normalized spacial score (nSPS) is 11.1. The molecule has 4 aromatic rings. The van der Waals surface area contributed by atoms with Gasteiger partial charge >= 0.3 is 5.69 Å². The summed E-state index contributed by atoms with van der Waals surface area (Å²) in [6, 6.07) is 13.4. The summed E-state index contributed by atoms with van der Waals surface area (Å²) in [5, 5.41) is 4.79. The highest BCUT2D eigenvalue weighted by atomic mass is 32.1. The molecule has 3 heterocycles. The van der Waals surface area contributed by atoms with Crippen molar-refractivity contribution < 1.29 is 4.79 Å². The van der Waals surface area contributed by atoms with Gasteiger partial charge in [-0.2, -0.15) is 0 Å². The van der Waals surface area contributed by atoms with Crippen LogP contribution in [0.3, 0.4) is 0 Å². The number of aromatic nitrogens is 4. The van der Waals surface area contributed by atoms with Gasteiger partial charge in [0.25, 0.3) is 5.56 Å². The number of benzene rings is 1. The van der Waals surface area contributed by atoms with Crippen LogP contribution in [0.25, 0.3) is 11.2 Å². The predicted molar refractivity (Wildman–Crippen MR) is 121 cm³/mol. The molecule has 0 aliphatic rings. The Morgan fingerprint density at radius 3 is 2.61 bits per heavy atom. The molecule has 0 fully saturated rings. The monoisotopic (exact) mass is 437 g/mol. The van der Waals surface area contributed by atoms with Crippen molar-refractivity contribution in [3.05, 3.63) is 85.5 Å². The van der Waals surface area contributed by atoms with Crippen LogP contribution in [-0.4, -0.2) is 31.1 Å². The third-order valence-corrected chi connectivity index (χ3v) is 6.02. The Bertz CT molecular complexity index is 1300. The molecule has 1 N–H and O–H groups in total. The molecule has 0 unspecified atom stereocenters. The minimum Gasteiger partial charge on any atom is -0.354 e. The van der Waals surface area contributed by atoms with Crippen molar-refractivity contribution in [1.29, 1.82) is 0 Å². The molecule has 3 aromatic heterocycles. The second kappa shape index (κ2) is 9.13. The van der Waals surface area contributed by atoms with E-state index in [0.717, 1.165) is 15.0 Å². The summed E-state index contributed by atoms with van der Waals surface area (Å²) in [7, 11) is 0. The van der Waals surface area contributed by atoms with E-state index in [1.807, 2.05) is 54.8 Å². The molecule has 0 bridgehead atoms. The highest BCUT2D eigenvalue weighted by Crippen LogP contribution is 2.10. The summed E-state index contributed by atoms with van der Waals surface area (Å²) >= 11 is 1.62. The fourth-order valence-corrected chi connectivity index (χ4v) is 4.21. The lowest BCUT2D eigenvalue weighted by molar-refractivity contribution is -0.121. The lowest BCUT2D eigenvalue weighted by atomic mass is 10.2. The quantitative estimate of drug-likeness (QED) is 0.455. The first-order valence-electron chi connectivity index (χ1n) is 10.1. The maximum atomic E-state index is 13.2. The van der Waals surface area contributed by atoms with E-state index in [0.29, 0.717) is 30.7 Å². The number of hydrogen-bond acceptors (Lipinski definition) is 5. The lowest BCUT2D eigenvalue weighted by Gasteiger charge is -2.12. The third-order valence-electron chi connectivity index (χ3n) is 5.08. The van der Waals surface area contributed by atoms with Gasteiger partial charge in [0.15, 0.2) is 11.2 Å². The van der Waals surface area contributed by atoms with Crippen LogP contribution in [0.5, 0.6) is 0 Å². The zero-order valence-corrected chi connectivity index (χ0v) is 18.0. The summed E-state index contributed by atoms with van der Waals surface area (Å²) in [6.45, 7) is 2.80. The predicted octanol–water partition coefficient (Wildman–Crippen LogP) is 1.85. The molecule has 0 aliphatic heterocycles. The summed E-state index contributed by atoms with van der Waals surface area (Å²) < 4.78 is 4.15. The molecule has 31 heavy (non-hydrogen) atoms. The molecule has 0 radical (unpaired) electrons. The van der Waals surface area contributed by atoms with E-state index in [1.54, 1.807) is 22.2 Å². The average molecular weight is 438 g/mol. The average Bonchev–Trinajstić information content (AvgIpc) is 3.45. The number of imidazole rings is 1. The lowest BCUT2D eigenvalue weighted by Crippen LogP contribution is -2.44. The summed E-state index contributed by atoms with van der Waals surface area (Å²) in [4.78, 5) is 44.3. The maximum absolute atomic E-state index is 13.2. The Morgan fingerprint density at radius 1 is 1.10 bits per heavy atom. The number of nitrogens with one attached hydrogen (secondary N) is 1. The number of fused-ring (bicyclic) bond motifs is 1. The SMILES string of the molecule is CCn1cnc2c1c(=O)n(CC(=O)NCCc1cccs1)c(=O)n2Cc1ccccc1. The molecule has 0 saturated carbocycles. The number of hydrogen-bond donors (Lipinski definition) is 1. The van der Waals surface area contributed by atoms with Crippen molar-refractivity contribution >= 4 is 28.4 Å². The van der Waals surface area contributed by atoms with Crippen LogP contribution < -0.4 is 16.6 Å². The summed E-state index contributed by atoms with van der Waals surface area (Å²) in [5.41, 5.74) is 0.509. The maximum Gasteiger partial charge on any atom is 0.333 e. The van der Waals surface area contributed by atoms with Gasteiger partial charge in [0.05, 0.1) is 12.9 Å². The van der Waals surface area contributed by atoms with Crippen LogP contribution in [0.15, 0.2) is 63.8 Å². The van der Waals surface area contributed by atoms with Crippen molar-refractivity contribution in [2.24, 2.45) is 0 Å². The third kappa shape index (κ3) is 4.36. The first-order chi connectivity index (χ1) is 15.1. The van der Waals surface area contributed by atoms with Crippen molar-refractivity contribution in [1.82, 2.24) is 24.0 Å². The number of nitrogens with zero attached hydrogens (tertiary/aromatic N) is 4. The Balaban J connectivity index is 1.66. The molecule has 0 spiro atoms. The van der Waals surface area contributed by atoms with Gasteiger partial charge in [0.1, 0.15) is 6.54 Å². The van der Waals surface area contributed by atoms with Crippen molar-refractivity contribution in [2.75, 3.05) is 6.54 Å². The number of rotatable bonds is 8. The Hall–Kier alpha value is -3.46. The number of thiophene rings is 1. The smallest absolute Gasteiger partial charge is 0.333 e. The van der Waals surface area contributed by atoms with E-state index < -0.39 is 11.2 Å². The molecule has 0 aliphatic carbocycles. The van der Waals surface area contributed by atoms with Crippen molar-refractivity contribution in [3.8, 4) is 0 Å². The number of aryl methyl sites for hydroxylation is 1. The largest absolute Gasteiger partial charge is 0.354 e. The highest BCUT2D eigenvalue weighted by molar-refractivity contribution is 7.09. The van der Waals surface area contributed by atoms with Crippen LogP contribution >= 0.6 is 11.3 Å². The van der Waals surface area contributed by atoms with Gasteiger partial charge in [0.2, 0.25) is 5.91 Å². The number of amides is 1. The van der Waals surface area contributed by atoms with Gasteiger partial charge in [0, 0.05) is 18.0 Å². The van der Waals surface area contributed by atoms with Crippen molar-refractivity contribution in [2.45, 2.75) is 33.0 Å². The van der Waals surface area contributed by atoms with E-state index >= 15 is 0 Å². The van der Waals surface area contributed by atoms with Crippen molar-refractivity contribution in [3.63, 3.8) is 0 Å². The topological polar surface area (TPSA) is 90.9 Å². The molecular formula is C22H23N5O3S. The molecule has 0 atom stereocenters. The number of carbonyl (C=O) groups excluding carboxylic acids is 1. The minimum atomic E-state index is -0.545. The van der Waals surface area contributed by atoms with Gasteiger partial charge in [-0.1, -0.05) is 36.4 Å². The van der Waals surface area contributed by atoms with Gasteiger partial charge in [-0.15, -0.1) is 11.3 Å². The van der Waals surface area contributed by atoms with Gasteiger partial charge in [-0.05, 0) is 30.4 Å². The molecule has 160 valence electrons. The van der Waals surface area contributed by atoms with Gasteiger partial charge in [-0.25, -0.2) is 14.3 Å². The van der Waals surface area contributed by atoms with E-state index in [-0.39, 0.29) is 19.0 Å². The van der Waals surface area contributed by atoms with E-state index in [1.165, 1.54) is 4.57 Å². The van der Waals surface area contributed by atoms with E-state index in [9.17, 15) is 14.4 Å². The second-order valence-electron chi connectivity index (χ2n) is 7.13.